The highest BCUT2D eigenvalue weighted by Crippen LogP contribution is 2.25. The number of anilines is 1. The van der Waals surface area contributed by atoms with Crippen LogP contribution in [0.25, 0.3) is 0 Å². The fourth-order valence-electron chi connectivity index (χ4n) is 1.31. The van der Waals surface area contributed by atoms with Crippen LogP contribution in [0.2, 0.25) is 0 Å². The Kier molecular flexibility index (Phi) is 4.62. The van der Waals surface area contributed by atoms with Crippen molar-refractivity contribution >= 4 is 17.7 Å². The first-order valence-corrected chi connectivity index (χ1v) is 6.74. The molecule has 2 rings (SSSR count). The lowest BCUT2D eigenvalue weighted by Crippen LogP contribution is -2.05. The topological polar surface area (TPSA) is 63.6 Å². The smallest absolute Gasteiger partial charge is 0.223 e. The van der Waals surface area contributed by atoms with Gasteiger partial charge in [-0.1, -0.05) is 6.92 Å². The average molecular weight is 279 g/mol. The van der Waals surface area contributed by atoms with Crippen LogP contribution >= 0.6 is 11.8 Å². The molecule has 5 nitrogen and oxygen atoms in total. The Hall–Kier alpha value is -1.76. The summed E-state index contributed by atoms with van der Waals surface area (Å²) >= 11 is 1.09. The molecular weight excluding hydrogens is 265 g/mol. The molecule has 0 bridgehead atoms. The van der Waals surface area contributed by atoms with E-state index in [2.05, 4.69) is 25.3 Å². The standard InChI is InChI=1S/C12H14FN5S/c1-3-5-14-11-16-7-9(13)10(18-11)19-12-15-6-4-8(2)17-12/h4,6-7H,3,5H2,1-2H3,(H,14,16,18). The molecule has 0 aliphatic rings. The van der Waals surface area contributed by atoms with Crippen molar-refractivity contribution in [2.75, 3.05) is 11.9 Å². The number of aromatic nitrogens is 4. The van der Waals surface area contributed by atoms with Gasteiger partial charge < -0.3 is 5.32 Å². The molecular formula is C12H14FN5S. The van der Waals surface area contributed by atoms with Crippen molar-refractivity contribution < 1.29 is 4.39 Å². The maximum Gasteiger partial charge on any atom is 0.223 e. The van der Waals surface area contributed by atoms with Gasteiger partial charge in [0.1, 0.15) is 5.03 Å². The van der Waals surface area contributed by atoms with Gasteiger partial charge in [-0.15, -0.1) is 0 Å². The minimum atomic E-state index is -0.475. The van der Waals surface area contributed by atoms with Crippen LogP contribution < -0.4 is 5.32 Å². The predicted octanol–water partition coefficient (Wildman–Crippen LogP) is 2.69. The summed E-state index contributed by atoms with van der Waals surface area (Å²) in [7, 11) is 0. The summed E-state index contributed by atoms with van der Waals surface area (Å²) in [6.45, 7) is 4.64. The minimum absolute atomic E-state index is 0.221. The van der Waals surface area contributed by atoms with Gasteiger partial charge in [-0.05, 0) is 31.2 Å². The predicted molar refractivity (Wildman–Crippen MR) is 71.7 cm³/mol. The lowest BCUT2D eigenvalue weighted by atomic mass is 10.5. The van der Waals surface area contributed by atoms with Crippen LogP contribution in [0.4, 0.5) is 10.3 Å². The summed E-state index contributed by atoms with van der Waals surface area (Å²) in [6.07, 6.45) is 3.74. The summed E-state index contributed by atoms with van der Waals surface area (Å²) in [5.41, 5.74) is 0.830. The molecule has 2 heterocycles. The van der Waals surface area contributed by atoms with Gasteiger partial charge in [0.2, 0.25) is 5.95 Å². The Balaban J connectivity index is 2.19. The molecule has 2 aromatic heterocycles. The molecule has 7 heteroatoms. The third-order valence-electron chi connectivity index (χ3n) is 2.21. The first-order valence-electron chi connectivity index (χ1n) is 5.93. The molecule has 0 fully saturated rings. The van der Waals surface area contributed by atoms with Crippen molar-refractivity contribution in [3.05, 3.63) is 30.0 Å². The van der Waals surface area contributed by atoms with Crippen molar-refractivity contribution in [1.29, 1.82) is 0 Å². The van der Waals surface area contributed by atoms with E-state index in [-0.39, 0.29) is 5.03 Å². The third kappa shape index (κ3) is 3.85. The van der Waals surface area contributed by atoms with E-state index in [1.54, 1.807) is 12.3 Å². The molecule has 0 saturated carbocycles. The average Bonchev–Trinajstić information content (AvgIpc) is 2.40. The molecule has 100 valence electrons. The molecule has 19 heavy (non-hydrogen) atoms. The summed E-state index contributed by atoms with van der Waals surface area (Å²) < 4.78 is 13.6. The van der Waals surface area contributed by atoms with Gasteiger partial charge in [-0.2, -0.15) is 0 Å². The Morgan fingerprint density at radius 3 is 2.89 bits per heavy atom. The molecule has 0 aromatic carbocycles. The molecule has 1 N–H and O–H groups in total. The molecule has 0 atom stereocenters. The van der Waals surface area contributed by atoms with Crippen molar-refractivity contribution in [1.82, 2.24) is 19.9 Å². The van der Waals surface area contributed by atoms with Crippen LogP contribution in [0.15, 0.2) is 28.6 Å². The minimum Gasteiger partial charge on any atom is -0.354 e. The molecule has 0 spiro atoms. The van der Waals surface area contributed by atoms with Gasteiger partial charge in [0.15, 0.2) is 11.0 Å². The number of hydrogen-bond acceptors (Lipinski definition) is 6. The van der Waals surface area contributed by atoms with E-state index in [9.17, 15) is 4.39 Å². The van der Waals surface area contributed by atoms with Crippen molar-refractivity contribution in [3.63, 3.8) is 0 Å². The van der Waals surface area contributed by atoms with E-state index in [1.807, 2.05) is 13.8 Å². The van der Waals surface area contributed by atoms with Crippen LogP contribution in [0.1, 0.15) is 19.0 Å². The first kappa shape index (κ1) is 13.7. The maximum absolute atomic E-state index is 13.6. The fourth-order valence-corrected chi connectivity index (χ4v) is 2.07. The molecule has 0 amide bonds. The van der Waals surface area contributed by atoms with E-state index in [4.69, 9.17) is 0 Å². The van der Waals surface area contributed by atoms with Gasteiger partial charge in [-0.25, -0.2) is 24.3 Å². The van der Waals surface area contributed by atoms with E-state index in [0.717, 1.165) is 36.6 Å². The highest BCUT2D eigenvalue weighted by molar-refractivity contribution is 7.99. The second kappa shape index (κ2) is 6.42. The SMILES string of the molecule is CCCNc1ncc(F)c(Sc2nccc(C)n2)n1. The van der Waals surface area contributed by atoms with Crippen LogP contribution in [0.5, 0.6) is 0 Å². The number of aryl methyl sites for hydroxylation is 1. The quantitative estimate of drug-likeness (QED) is 0.670. The Morgan fingerprint density at radius 1 is 1.32 bits per heavy atom. The molecule has 0 radical (unpaired) electrons. The fraction of sp³-hybridized carbons (Fsp3) is 0.333. The lowest BCUT2D eigenvalue weighted by molar-refractivity contribution is 0.579. The Bertz CT molecular complexity index is 564. The zero-order chi connectivity index (χ0) is 13.7. The van der Waals surface area contributed by atoms with E-state index < -0.39 is 5.82 Å². The monoisotopic (exact) mass is 279 g/mol. The van der Waals surface area contributed by atoms with E-state index >= 15 is 0 Å². The van der Waals surface area contributed by atoms with E-state index in [0.29, 0.717) is 11.1 Å². The molecule has 0 saturated heterocycles. The van der Waals surface area contributed by atoms with Gasteiger partial charge in [0.05, 0.1) is 6.20 Å². The highest BCUT2D eigenvalue weighted by atomic mass is 32.2. The van der Waals surface area contributed by atoms with Crippen molar-refractivity contribution in [3.8, 4) is 0 Å². The van der Waals surface area contributed by atoms with Crippen molar-refractivity contribution in [2.24, 2.45) is 0 Å². The number of nitrogens with one attached hydrogen (secondary N) is 1. The summed E-state index contributed by atoms with van der Waals surface area (Å²) in [5.74, 6) is -0.0597. The number of halogens is 1. The number of rotatable bonds is 5. The van der Waals surface area contributed by atoms with Crippen molar-refractivity contribution in [2.45, 2.75) is 30.5 Å². The maximum atomic E-state index is 13.6. The molecule has 0 aliphatic carbocycles. The second-order valence-corrected chi connectivity index (χ2v) is 4.81. The second-order valence-electron chi connectivity index (χ2n) is 3.86. The third-order valence-corrected chi connectivity index (χ3v) is 3.06. The summed E-state index contributed by atoms with van der Waals surface area (Å²) in [4.78, 5) is 16.3. The largest absolute Gasteiger partial charge is 0.354 e. The van der Waals surface area contributed by atoms with Crippen LogP contribution in [0, 0.1) is 12.7 Å². The Labute approximate surface area is 115 Å². The highest BCUT2D eigenvalue weighted by Gasteiger charge is 2.10. The lowest BCUT2D eigenvalue weighted by Gasteiger charge is -2.05. The molecule has 2 aromatic rings. The van der Waals surface area contributed by atoms with Gasteiger partial charge in [-0.3, -0.25) is 0 Å². The summed E-state index contributed by atoms with van der Waals surface area (Å²) in [5, 5.41) is 3.71. The number of nitrogens with zero attached hydrogens (tertiary/aromatic N) is 4. The zero-order valence-electron chi connectivity index (χ0n) is 10.7. The zero-order valence-corrected chi connectivity index (χ0v) is 11.5. The Morgan fingerprint density at radius 2 is 2.16 bits per heavy atom. The normalized spacial score (nSPS) is 10.5. The van der Waals surface area contributed by atoms with E-state index in [1.165, 1.54) is 0 Å². The van der Waals surface area contributed by atoms with Gasteiger partial charge in [0, 0.05) is 18.4 Å². The molecule has 0 unspecified atom stereocenters. The number of hydrogen-bond donors (Lipinski definition) is 1. The van der Waals surface area contributed by atoms with Crippen LogP contribution in [-0.2, 0) is 0 Å². The molecule has 0 aliphatic heterocycles. The van der Waals surface area contributed by atoms with Gasteiger partial charge >= 0.3 is 0 Å². The van der Waals surface area contributed by atoms with Crippen LogP contribution in [0.3, 0.4) is 0 Å². The summed E-state index contributed by atoms with van der Waals surface area (Å²) in [6, 6.07) is 1.79. The van der Waals surface area contributed by atoms with Crippen LogP contribution in [-0.4, -0.2) is 26.5 Å². The van der Waals surface area contributed by atoms with Gasteiger partial charge in [0.25, 0.3) is 0 Å². The first-order chi connectivity index (χ1) is 9.19.